The second-order valence-corrected chi connectivity index (χ2v) is 6.24. The fourth-order valence-corrected chi connectivity index (χ4v) is 2.96. The Kier molecular flexibility index (Phi) is 4.58. The van der Waals surface area contributed by atoms with Crippen molar-refractivity contribution in [2.45, 2.75) is 51.7 Å². The van der Waals surface area contributed by atoms with E-state index in [2.05, 4.69) is 5.32 Å². The van der Waals surface area contributed by atoms with Crippen LogP contribution in [0.2, 0.25) is 0 Å². The topological polar surface area (TPSA) is 55.4 Å². The number of carbonyl (C=O) groups is 2. The Morgan fingerprint density at radius 1 is 1.37 bits per heavy atom. The van der Waals surface area contributed by atoms with Crippen molar-refractivity contribution >= 4 is 23.2 Å². The van der Waals surface area contributed by atoms with Crippen LogP contribution in [-0.2, 0) is 9.53 Å². The summed E-state index contributed by atoms with van der Waals surface area (Å²) < 4.78 is 5.18. The van der Waals surface area contributed by atoms with Gasteiger partial charge < -0.3 is 10.1 Å². The van der Waals surface area contributed by atoms with E-state index < -0.39 is 12.1 Å². The van der Waals surface area contributed by atoms with E-state index in [4.69, 9.17) is 4.74 Å². The van der Waals surface area contributed by atoms with Crippen molar-refractivity contribution in [1.29, 1.82) is 0 Å². The highest BCUT2D eigenvalue weighted by atomic mass is 32.1. The average molecular weight is 281 g/mol. The number of carbonyl (C=O) groups excluding carboxylic acids is 2. The minimum atomic E-state index is -0.740. The lowest BCUT2D eigenvalue weighted by Crippen LogP contribution is -2.40. The molecule has 0 spiro atoms. The summed E-state index contributed by atoms with van der Waals surface area (Å²) in [5.74, 6) is -0.624. The highest BCUT2D eigenvalue weighted by molar-refractivity contribution is 7.13. The van der Waals surface area contributed by atoms with Crippen molar-refractivity contribution in [3.63, 3.8) is 0 Å². The molecule has 1 heterocycles. The van der Waals surface area contributed by atoms with Crippen molar-refractivity contribution in [3.05, 3.63) is 21.9 Å². The molecule has 0 aromatic carbocycles. The van der Waals surface area contributed by atoms with Crippen LogP contribution in [-0.4, -0.2) is 24.0 Å². The molecule has 1 aromatic heterocycles. The van der Waals surface area contributed by atoms with Crippen molar-refractivity contribution < 1.29 is 14.3 Å². The minimum absolute atomic E-state index is 0.200. The van der Waals surface area contributed by atoms with E-state index in [1.165, 1.54) is 11.3 Å². The molecule has 1 amide bonds. The summed E-state index contributed by atoms with van der Waals surface area (Å²) in [5.41, 5.74) is 0. The van der Waals surface area contributed by atoms with E-state index in [0.29, 0.717) is 4.88 Å². The SMILES string of the molecule is Cc1ccc(C(=O)OC(C)C(=O)NC2CCCC2)s1. The molecule has 1 aromatic rings. The van der Waals surface area contributed by atoms with Crippen LogP contribution in [0.4, 0.5) is 0 Å². The van der Waals surface area contributed by atoms with Gasteiger partial charge in [0.2, 0.25) is 0 Å². The summed E-state index contributed by atoms with van der Waals surface area (Å²) in [6, 6.07) is 3.84. The molecule has 1 unspecified atom stereocenters. The number of aryl methyl sites for hydroxylation is 1. The molecule has 1 aliphatic carbocycles. The third kappa shape index (κ3) is 3.80. The average Bonchev–Trinajstić information content (AvgIpc) is 3.00. The first-order chi connectivity index (χ1) is 9.06. The number of hydrogen-bond donors (Lipinski definition) is 1. The number of nitrogens with one attached hydrogen (secondary N) is 1. The molecule has 5 heteroatoms. The van der Waals surface area contributed by atoms with Gasteiger partial charge in [-0.1, -0.05) is 12.8 Å². The third-order valence-electron chi connectivity index (χ3n) is 3.30. The zero-order valence-electron chi connectivity index (χ0n) is 11.3. The summed E-state index contributed by atoms with van der Waals surface area (Å²) in [4.78, 5) is 25.3. The van der Waals surface area contributed by atoms with Crippen molar-refractivity contribution in [1.82, 2.24) is 5.32 Å². The zero-order chi connectivity index (χ0) is 13.8. The summed E-state index contributed by atoms with van der Waals surface area (Å²) in [7, 11) is 0. The van der Waals surface area contributed by atoms with E-state index in [-0.39, 0.29) is 11.9 Å². The lowest BCUT2D eigenvalue weighted by Gasteiger charge is -2.16. The molecule has 2 rings (SSSR count). The monoisotopic (exact) mass is 281 g/mol. The van der Waals surface area contributed by atoms with Gasteiger partial charge in [0.1, 0.15) is 4.88 Å². The molecule has 104 valence electrons. The van der Waals surface area contributed by atoms with Crippen molar-refractivity contribution in [2.24, 2.45) is 0 Å². The third-order valence-corrected chi connectivity index (χ3v) is 4.28. The van der Waals surface area contributed by atoms with Crippen LogP contribution in [0, 0.1) is 6.92 Å². The number of esters is 1. The van der Waals surface area contributed by atoms with Gasteiger partial charge in [0, 0.05) is 10.9 Å². The predicted molar refractivity (Wildman–Crippen MR) is 74.3 cm³/mol. The van der Waals surface area contributed by atoms with Gasteiger partial charge in [0.05, 0.1) is 0 Å². The summed E-state index contributed by atoms with van der Waals surface area (Å²) >= 11 is 1.38. The Bertz CT molecular complexity index is 463. The first kappa shape index (κ1) is 14.1. The highest BCUT2D eigenvalue weighted by Crippen LogP contribution is 2.19. The molecule has 19 heavy (non-hydrogen) atoms. The number of rotatable bonds is 4. The fourth-order valence-electron chi connectivity index (χ4n) is 2.21. The molecule has 1 N–H and O–H groups in total. The van der Waals surface area contributed by atoms with Gasteiger partial charge in [-0.2, -0.15) is 0 Å². The number of amides is 1. The zero-order valence-corrected chi connectivity index (χ0v) is 12.1. The summed E-state index contributed by atoms with van der Waals surface area (Å²) in [5, 5.41) is 2.93. The van der Waals surface area contributed by atoms with Crippen LogP contribution in [0.5, 0.6) is 0 Å². The van der Waals surface area contributed by atoms with E-state index in [0.717, 1.165) is 30.6 Å². The molecule has 0 aliphatic heterocycles. The van der Waals surface area contributed by atoms with E-state index in [9.17, 15) is 9.59 Å². The summed E-state index contributed by atoms with van der Waals surface area (Å²) in [6.07, 6.45) is 3.63. The molecule has 0 saturated heterocycles. The van der Waals surface area contributed by atoms with Gasteiger partial charge in [-0.3, -0.25) is 4.79 Å². The number of thiophene rings is 1. The fraction of sp³-hybridized carbons (Fsp3) is 0.571. The Balaban J connectivity index is 1.84. The standard InChI is InChI=1S/C14H19NO3S/c1-9-7-8-12(19-9)14(17)18-10(2)13(16)15-11-5-3-4-6-11/h7-8,10-11H,3-6H2,1-2H3,(H,15,16). The largest absolute Gasteiger partial charge is 0.448 e. The smallest absolute Gasteiger partial charge is 0.349 e. The first-order valence-corrected chi connectivity index (χ1v) is 7.45. The van der Waals surface area contributed by atoms with Gasteiger partial charge in [0.25, 0.3) is 5.91 Å². The second kappa shape index (κ2) is 6.19. The number of ether oxygens (including phenoxy) is 1. The van der Waals surface area contributed by atoms with Crippen molar-refractivity contribution in [2.75, 3.05) is 0 Å². The van der Waals surface area contributed by atoms with E-state index >= 15 is 0 Å². The maximum Gasteiger partial charge on any atom is 0.349 e. The van der Waals surface area contributed by atoms with Gasteiger partial charge in [0.15, 0.2) is 6.10 Å². The van der Waals surface area contributed by atoms with Crippen LogP contribution in [0.15, 0.2) is 12.1 Å². The van der Waals surface area contributed by atoms with Crippen LogP contribution in [0.1, 0.15) is 47.2 Å². The molecular formula is C14H19NO3S. The highest BCUT2D eigenvalue weighted by Gasteiger charge is 2.23. The van der Waals surface area contributed by atoms with Crippen molar-refractivity contribution in [3.8, 4) is 0 Å². The molecular weight excluding hydrogens is 262 g/mol. The maximum absolute atomic E-state index is 11.9. The van der Waals surface area contributed by atoms with Gasteiger partial charge >= 0.3 is 5.97 Å². The summed E-state index contributed by atoms with van der Waals surface area (Å²) in [6.45, 7) is 3.54. The lowest BCUT2D eigenvalue weighted by atomic mass is 10.2. The molecule has 0 radical (unpaired) electrons. The van der Waals surface area contributed by atoms with E-state index in [1.54, 1.807) is 13.0 Å². The molecule has 1 saturated carbocycles. The Hall–Kier alpha value is -1.36. The molecule has 1 atom stereocenters. The van der Waals surface area contributed by atoms with E-state index in [1.807, 2.05) is 13.0 Å². The van der Waals surface area contributed by atoms with Gasteiger partial charge in [-0.05, 0) is 38.8 Å². The molecule has 0 bridgehead atoms. The molecule has 4 nitrogen and oxygen atoms in total. The van der Waals surface area contributed by atoms with Crippen LogP contribution in [0.25, 0.3) is 0 Å². The maximum atomic E-state index is 11.9. The Labute approximate surface area is 117 Å². The van der Waals surface area contributed by atoms with Crippen LogP contribution < -0.4 is 5.32 Å². The lowest BCUT2D eigenvalue weighted by molar-refractivity contribution is -0.129. The number of hydrogen-bond acceptors (Lipinski definition) is 4. The minimum Gasteiger partial charge on any atom is -0.448 e. The molecule has 1 fully saturated rings. The van der Waals surface area contributed by atoms with Crippen LogP contribution in [0.3, 0.4) is 0 Å². The second-order valence-electron chi connectivity index (χ2n) is 4.95. The molecule has 1 aliphatic rings. The predicted octanol–water partition coefficient (Wildman–Crippen LogP) is 2.66. The first-order valence-electron chi connectivity index (χ1n) is 6.64. The Morgan fingerprint density at radius 3 is 2.63 bits per heavy atom. The van der Waals surface area contributed by atoms with Gasteiger partial charge in [-0.15, -0.1) is 11.3 Å². The van der Waals surface area contributed by atoms with Gasteiger partial charge in [-0.25, -0.2) is 4.79 Å². The normalized spacial score (nSPS) is 17.2. The quantitative estimate of drug-likeness (QED) is 0.863. The van der Waals surface area contributed by atoms with Crippen LogP contribution >= 0.6 is 11.3 Å². The Morgan fingerprint density at radius 2 is 2.05 bits per heavy atom.